The van der Waals surface area contributed by atoms with Crippen molar-refractivity contribution < 1.29 is 4.79 Å². The van der Waals surface area contributed by atoms with Gasteiger partial charge in [-0.25, -0.2) is 0 Å². The molecule has 94 valence electrons. The Labute approximate surface area is 111 Å². The number of amides is 1. The molecule has 2 aromatic rings. The van der Waals surface area contributed by atoms with Crippen LogP contribution in [0.5, 0.6) is 0 Å². The van der Waals surface area contributed by atoms with Gasteiger partial charge in [0, 0.05) is 31.1 Å². The van der Waals surface area contributed by atoms with Crippen LogP contribution in [0.1, 0.15) is 16.8 Å². The average Bonchev–Trinajstić information content (AvgIpc) is 2.43. The molecule has 0 aliphatic heterocycles. The third-order valence-electron chi connectivity index (χ3n) is 2.81. The van der Waals surface area contributed by atoms with Gasteiger partial charge in [-0.05, 0) is 18.6 Å². The quantitative estimate of drug-likeness (QED) is 0.794. The van der Waals surface area contributed by atoms with E-state index in [1.165, 1.54) is 0 Å². The molecule has 0 bridgehead atoms. The molecular formula is C14H15ClN2O. The minimum absolute atomic E-state index is 0.0154. The van der Waals surface area contributed by atoms with E-state index in [-0.39, 0.29) is 5.91 Å². The van der Waals surface area contributed by atoms with Crippen LogP contribution in [0.2, 0.25) is 0 Å². The van der Waals surface area contributed by atoms with Crippen molar-refractivity contribution in [2.75, 3.05) is 19.5 Å². The van der Waals surface area contributed by atoms with Crippen molar-refractivity contribution >= 4 is 28.4 Å². The SMILES string of the molecule is CN(CCCCl)C(=O)c1cnc2ccccc2c1. The Morgan fingerprint density at radius 3 is 2.94 bits per heavy atom. The fraction of sp³-hybridized carbons (Fsp3) is 0.286. The molecular weight excluding hydrogens is 248 g/mol. The van der Waals surface area contributed by atoms with Crippen LogP contribution in [0.15, 0.2) is 36.5 Å². The summed E-state index contributed by atoms with van der Waals surface area (Å²) in [5, 5.41) is 0.981. The lowest BCUT2D eigenvalue weighted by atomic mass is 10.1. The first-order valence-electron chi connectivity index (χ1n) is 5.88. The smallest absolute Gasteiger partial charge is 0.255 e. The van der Waals surface area contributed by atoms with Crippen molar-refractivity contribution in [3.05, 3.63) is 42.1 Å². The standard InChI is InChI=1S/C14H15ClN2O/c1-17(8-4-7-15)14(18)12-9-11-5-2-3-6-13(11)16-10-12/h2-3,5-6,9-10H,4,7-8H2,1H3. The topological polar surface area (TPSA) is 33.2 Å². The number of alkyl halides is 1. The van der Waals surface area contributed by atoms with Crippen LogP contribution in [-0.4, -0.2) is 35.3 Å². The van der Waals surface area contributed by atoms with Crippen LogP contribution in [0.4, 0.5) is 0 Å². The Bertz CT molecular complexity index is 556. The maximum absolute atomic E-state index is 12.1. The second kappa shape index (κ2) is 5.83. The maximum atomic E-state index is 12.1. The highest BCUT2D eigenvalue weighted by Crippen LogP contribution is 2.13. The van der Waals surface area contributed by atoms with E-state index in [9.17, 15) is 4.79 Å². The molecule has 2 rings (SSSR count). The van der Waals surface area contributed by atoms with E-state index >= 15 is 0 Å². The van der Waals surface area contributed by atoms with Crippen LogP contribution in [0.25, 0.3) is 10.9 Å². The van der Waals surface area contributed by atoms with Gasteiger partial charge in [0.1, 0.15) is 0 Å². The van der Waals surface area contributed by atoms with Gasteiger partial charge in [0.2, 0.25) is 0 Å². The van der Waals surface area contributed by atoms with Gasteiger partial charge >= 0.3 is 0 Å². The van der Waals surface area contributed by atoms with E-state index in [0.29, 0.717) is 18.0 Å². The van der Waals surface area contributed by atoms with Gasteiger partial charge in [-0.15, -0.1) is 11.6 Å². The molecule has 3 nitrogen and oxygen atoms in total. The summed E-state index contributed by atoms with van der Waals surface area (Å²) in [5.74, 6) is 0.548. The Kier molecular flexibility index (Phi) is 4.15. The summed E-state index contributed by atoms with van der Waals surface area (Å²) < 4.78 is 0. The van der Waals surface area contributed by atoms with Crippen molar-refractivity contribution in [1.82, 2.24) is 9.88 Å². The molecule has 18 heavy (non-hydrogen) atoms. The van der Waals surface area contributed by atoms with E-state index in [1.807, 2.05) is 30.3 Å². The van der Waals surface area contributed by atoms with Crippen molar-refractivity contribution in [1.29, 1.82) is 0 Å². The van der Waals surface area contributed by atoms with Crippen molar-refractivity contribution in [3.63, 3.8) is 0 Å². The number of pyridine rings is 1. The summed E-state index contributed by atoms with van der Waals surface area (Å²) in [6.07, 6.45) is 2.42. The summed E-state index contributed by atoms with van der Waals surface area (Å²) in [7, 11) is 1.78. The Morgan fingerprint density at radius 1 is 1.39 bits per heavy atom. The number of fused-ring (bicyclic) bond motifs is 1. The van der Waals surface area contributed by atoms with Crippen LogP contribution >= 0.6 is 11.6 Å². The van der Waals surface area contributed by atoms with E-state index < -0.39 is 0 Å². The number of halogens is 1. The Morgan fingerprint density at radius 2 is 2.17 bits per heavy atom. The highest BCUT2D eigenvalue weighted by molar-refractivity contribution is 6.17. The zero-order valence-electron chi connectivity index (χ0n) is 10.3. The number of aromatic nitrogens is 1. The first-order chi connectivity index (χ1) is 8.72. The van der Waals surface area contributed by atoms with Gasteiger partial charge in [-0.2, -0.15) is 0 Å². The molecule has 1 aromatic carbocycles. The van der Waals surface area contributed by atoms with Gasteiger partial charge in [0.05, 0.1) is 11.1 Å². The summed E-state index contributed by atoms with van der Waals surface area (Å²) in [4.78, 5) is 18.1. The first-order valence-corrected chi connectivity index (χ1v) is 6.42. The molecule has 4 heteroatoms. The monoisotopic (exact) mass is 262 g/mol. The van der Waals surface area contributed by atoms with Gasteiger partial charge in [0.25, 0.3) is 5.91 Å². The number of carbonyl (C=O) groups excluding carboxylic acids is 1. The first kappa shape index (κ1) is 12.8. The molecule has 1 aromatic heterocycles. The number of para-hydroxylation sites is 1. The van der Waals surface area contributed by atoms with E-state index in [2.05, 4.69) is 4.98 Å². The van der Waals surface area contributed by atoms with Gasteiger partial charge < -0.3 is 4.90 Å². The lowest BCUT2D eigenvalue weighted by Gasteiger charge is -2.16. The molecule has 1 amide bonds. The maximum Gasteiger partial charge on any atom is 0.255 e. The number of benzene rings is 1. The molecule has 0 fully saturated rings. The van der Waals surface area contributed by atoms with Crippen LogP contribution < -0.4 is 0 Å². The average molecular weight is 263 g/mol. The van der Waals surface area contributed by atoms with Crippen molar-refractivity contribution in [2.45, 2.75) is 6.42 Å². The lowest BCUT2D eigenvalue weighted by Crippen LogP contribution is -2.28. The van der Waals surface area contributed by atoms with Crippen LogP contribution in [-0.2, 0) is 0 Å². The molecule has 1 heterocycles. The zero-order chi connectivity index (χ0) is 13.0. The Balaban J connectivity index is 2.22. The number of hydrogen-bond acceptors (Lipinski definition) is 2. The van der Waals surface area contributed by atoms with Gasteiger partial charge in [-0.3, -0.25) is 9.78 Å². The predicted octanol–water partition coefficient (Wildman–Crippen LogP) is 2.94. The lowest BCUT2D eigenvalue weighted by molar-refractivity contribution is 0.0795. The van der Waals surface area contributed by atoms with Crippen molar-refractivity contribution in [2.24, 2.45) is 0 Å². The summed E-state index contributed by atoms with van der Waals surface area (Å²) >= 11 is 5.62. The molecule has 0 unspecified atom stereocenters. The van der Waals surface area contributed by atoms with Gasteiger partial charge in [0.15, 0.2) is 0 Å². The minimum atomic E-state index is -0.0154. The van der Waals surface area contributed by atoms with E-state index in [4.69, 9.17) is 11.6 Å². The largest absolute Gasteiger partial charge is 0.342 e. The Hall–Kier alpha value is -1.61. The van der Waals surface area contributed by atoms with Crippen molar-refractivity contribution in [3.8, 4) is 0 Å². The van der Waals surface area contributed by atoms with E-state index in [0.717, 1.165) is 17.3 Å². The molecule has 0 N–H and O–H groups in total. The minimum Gasteiger partial charge on any atom is -0.342 e. The molecule has 0 aliphatic carbocycles. The fourth-order valence-electron chi connectivity index (χ4n) is 1.81. The number of nitrogens with zero attached hydrogens (tertiary/aromatic N) is 2. The van der Waals surface area contributed by atoms with E-state index in [1.54, 1.807) is 18.1 Å². The number of rotatable bonds is 4. The highest BCUT2D eigenvalue weighted by Gasteiger charge is 2.11. The van der Waals surface area contributed by atoms with Crippen LogP contribution in [0, 0.1) is 0 Å². The summed E-state index contributed by atoms with van der Waals surface area (Å²) in [5.41, 5.74) is 1.52. The zero-order valence-corrected chi connectivity index (χ0v) is 11.0. The number of hydrogen-bond donors (Lipinski definition) is 0. The number of carbonyl (C=O) groups is 1. The second-order valence-corrected chi connectivity index (χ2v) is 4.56. The molecule has 0 spiro atoms. The molecule has 0 saturated carbocycles. The van der Waals surface area contributed by atoms with Crippen LogP contribution in [0.3, 0.4) is 0 Å². The molecule has 0 atom stereocenters. The molecule has 0 aliphatic rings. The normalized spacial score (nSPS) is 10.6. The molecule has 0 radical (unpaired) electrons. The van der Waals surface area contributed by atoms with Gasteiger partial charge in [-0.1, -0.05) is 18.2 Å². The third-order valence-corrected chi connectivity index (χ3v) is 3.08. The predicted molar refractivity (Wildman–Crippen MR) is 74.0 cm³/mol. The summed E-state index contributed by atoms with van der Waals surface area (Å²) in [6, 6.07) is 9.64. The summed E-state index contributed by atoms with van der Waals surface area (Å²) in [6.45, 7) is 0.662. The second-order valence-electron chi connectivity index (χ2n) is 4.19. The fourth-order valence-corrected chi connectivity index (χ4v) is 1.93. The third kappa shape index (κ3) is 2.79. The highest BCUT2D eigenvalue weighted by atomic mass is 35.5. The molecule has 0 saturated heterocycles.